The number of rotatable bonds is 3. The molecule has 110 valence electrons. The normalized spacial score (nSPS) is 21.2. The molecular weight excluding hydrogens is 290 g/mol. The number of anilines is 1. The molecule has 1 heterocycles. The predicted octanol–water partition coefficient (Wildman–Crippen LogP) is 0.600. The fourth-order valence-electron chi connectivity index (χ4n) is 2.50. The van der Waals surface area contributed by atoms with Crippen LogP contribution >= 0.6 is 0 Å². The largest absolute Gasteiger partial charge is 0.391 e. The Hall–Kier alpha value is -1.96. The lowest BCUT2D eigenvalue weighted by molar-refractivity contribution is 0.151. The summed E-state index contributed by atoms with van der Waals surface area (Å²) in [6.45, 7) is 0. The number of nitrogen functional groups attached to an aromatic ring is 1. The van der Waals surface area contributed by atoms with Crippen LogP contribution in [0.1, 0.15) is 17.2 Å². The molecular formula is C14H15N3O3S. The third kappa shape index (κ3) is 2.63. The molecule has 6 nitrogen and oxygen atoms in total. The first-order valence-electron chi connectivity index (χ1n) is 6.47. The van der Waals surface area contributed by atoms with E-state index in [1.54, 1.807) is 0 Å². The number of nitrogens with zero attached hydrogens (tertiary/aromatic N) is 1. The number of pyridine rings is 1. The molecule has 0 radical (unpaired) electrons. The molecule has 1 aromatic carbocycles. The molecule has 2 atom stereocenters. The SMILES string of the molecule is Nc1ccc(S(=O)(=O)N[C@H]2c3ccccc3C[C@H]2O)cn1. The van der Waals surface area contributed by atoms with E-state index in [0.717, 1.165) is 11.1 Å². The number of sulfonamides is 1. The molecule has 0 unspecified atom stereocenters. The monoisotopic (exact) mass is 305 g/mol. The minimum atomic E-state index is -3.76. The number of nitrogens with two attached hydrogens (primary N) is 1. The minimum Gasteiger partial charge on any atom is -0.391 e. The van der Waals surface area contributed by atoms with Gasteiger partial charge in [0.1, 0.15) is 10.7 Å². The fourth-order valence-corrected chi connectivity index (χ4v) is 3.69. The standard InChI is InChI=1S/C14H15N3O3S/c15-13-6-5-10(8-16-13)21(19,20)17-14-11-4-2-1-3-9(11)7-12(14)18/h1-6,8,12,14,17-18H,7H2,(H2,15,16)/t12-,14+/m1/s1. The van der Waals surface area contributed by atoms with E-state index >= 15 is 0 Å². The van der Waals surface area contributed by atoms with Gasteiger partial charge in [0.2, 0.25) is 10.0 Å². The van der Waals surface area contributed by atoms with Gasteiger partial charge < -0.3 is 10.8 Å². The molecule has 0 amide bonds. The fraction of sp³-hybridized carbons (Fsp3) is 0.214. The average Bonchev–Trinajstić information content (AvgIpc) is 2.75. The van der Waals surface area contributed by atoms with Crippen molar-refractivity contribution in [2.24, 2.45) is 0 Å². The van der Waals surface area contributed by atoms with Crippen LogP contribution in [0.4, 0.5) is 5.82 Å². The second-order valence-electron chi connectivity index (χ2n) is 4.99. The Morgan fingerprint density at radius 3 is 2.71 bits per heavy atom. The molecule has 7 heteroatoms. The number of aliphatic hydroxyl groups excluding tert-OH is 1. The highest BCUT2D eigenvalue weighted by Gasteiger charge is 2.34. The second kappa shape index (κ2) is 5.10. The summed E-state index contributed by atoms with van der Waals surface area (Å²) in [5.41, 5.74) is 7.21. The Labute approximate surface area is 122 Å². The highest BCUT2D eigenvalue weighted by atomic mass is 32.2. The quantitative estimate of drug-likeness (QED) is 0.770. The predicted molar refractivity (Wildman–Crippen MR) is 77.9 cm³/mol. The number of hydrogen-bond donors (Lipinski definition) is 3. The Balaban J connectivity index is 1.91. The van der Waals surface area contributed by atoms with Gasteiger partial charge in [-0.3, -0.25) is 0 Å². The van der Waals surface area contributed by atoms with Gasteiger partial charge >= 0.3 is 0 Å². The lowest BCUT2D eigenvalue weighted by atomic mass is 10.1. The number of nitrogens with one attached hydrogen (secondary N) is 1. The number of aromatic nitrogens is 1. The van der Waals surface area contributed by atoms with Gasteiger partial charge in [-0.1, -0.05) is 24.3 Å². The number of fused-ring (bicyclic) bond motifs is 1. The Morgan fingerprint density at radius 2 is 2.00 bits per heavy atom. The molecule has 3 rings (SSSR count). The van der Waals surface area contributed by atoms with Crippen molar-refractivity contribution in [2.45, 2.75) is 23.5 Å². The van der Waals surface area contributed by atoms with Crippen molar-refractivity contribution in [3.63, 3.8) is 0 Å². The second-order valence-corrected chi connectivity index (χ2v) is 6.70. The van der Waals surface area contributed by atoms with Crippen LogP contribution < -0.4 is 10.5 Å². The third-order valence-corrected chi connectivity index (χ3v) is 4.98. The zero-order chi connectivity index (χ0) is 15.0. The van der Waals surface area contributed by atoms with Gasteiger partial charge in [-0.25, -0.2) is 18.1 Å². The maximum atomic E-state index is 12.4. The first-order chi connectivity index (χ1) is 9.97. The Kier molecular flexibility index (Phi) is 3.40. The van der Waals surface area contributed by atoms with Gasteiger partial charge in [0, 0.05) is 12.6 Å². The number of aliphatic hydroxyl groups is 1. The molecule has 4 N–H and O–H groups in total. The van der Waals surface area contributed by atoms with E-state index in [1.807, 2.05) is 24.3 Å². The van der Waals surface area contributed by atoms with Crippen molar-refractivity contribution >= 4 is 15.8 Å². The van der Waals surface area contributed by atoms with E-state index in [0.29, 0.717) is 6.42 Å². The van der Waals surface area contributed by atoms with E-state index in [9.17, 15) is 13.5 Å². The van der Waals surface area contributed by atoms with Crippen LogP contribution in [0.15, 0.2) is 47.5 Å². The molecule has 2 aromatic rings. The van der Waals surface area contributed by atoms with E-state index in [2.05, 4.69) is 9.71 Å². The lowest BCUT2D eigenvalue weighted by Crippen LogP contribution is -2.33. The van der Waals surface area contributed by atoms with Gasteiger partial charge in [0.15, 0.2) is 0 Å². The molecule has 0 spiro atoms. The van der Waals surface area contributed by atoms with Crippen molar-refractivity contribution in [3.05, 3.63) is 53.7 Å². The van der Waals surface area contributed by atoms with Crippen molar-refractivity contribution < 1.29 is 13.5 Å². The van der Waals surface area contributed by atoms with Crippen LogP contribution in [0.3, 0.4) is 0 Å². The zero-order valence-corrected chi connectivity index (χ0v) is 11.9. The summed E-state index contributed by atoms with van der Waals surface area (Å²) in [6, 6.07) is 9.56. The maximum Gasteiger partial charge on any atom is 0.242 e. The van der Waals surface area contributed by atoms with E-state index < -0.39 is 22.2 Å². The van der Waals surface area contributed by atoms with E-state index in [4.69, 9.17) is 5.73 Å². The van der Waals surface area contributed by atoms with Crippen molar-refractivity contribution in [2.75, 3.05) is 5.73 Å². The van der Waals surface area contributed by atoms with Crippen LogP contribution in [0.2, 0.25) is 0 Å². The topological polar surface area (TPSA) is 105 Å². The molecule has 0 saturated carbocycles. The molecule has 0 fully saturated rings. The highest BCUT2D eigenvalue weighted by Crippen LogP contribution is 2.32. The van der Waals surface area contributed by atoms with Gasteiger partial charge in [-0.2, -0.15) is 0 Å². The van der Waals surface area contributed by atoms with Gasteiger partial charge in [0.25, 0.3) is 0 Å². The van der Waals surface area contributed by atoms with Gasteiger partial charge in [-0.05, 0) is 23.3 Å². The molecule has 0 saturated heterocycles. The van der Waals surface area contributed by atoms with Crippen molar-refractivity contribution in [1.82, 2.24) is 9.71 Å². The summed E-state index contributed by atoms with van der Waals surface area (Å²) in [5, 5.41) is 10.1. The summed E-state index contributed by atoms with van der Waals surface area (Å²) in [5.74, 6) is 0.250. The van der Waals surface area contributed by atoms with Crippen LogP contribution in [-0.4, -0.2) is 24.6 Å². The zero-order valence-electron chi connectivity index (χ0n) is 11.1. The Bertz CT molecular complexity index is 759. The van der Waals surface area contributed by atoms with E-state index in [1.165, 1.54) is 18.3 Å². The third-order valence-electron chi connectivity index (χ3n) is 3.56. The molecule has 21 heavy (non-hydrogen) atoms. The summed E-state index contributed by atoms with van der Waals surface area (Å²) in [6.07, 6.45) is 0.854. The van der Waals surface area contributed by atoms with Gasteiger partial charge in [-0.15, -0.1) is 0 Å². The number of hydrogen-bond acceptors (Lipinski definition) is 5. The molecule has 0 bridgehead atoms. The van der Waals surface area contributed by atoms with Crippen LogP contribution in [-0.2, 0) is 16.4 Å². The molecule has 1 aliphatic rings. The first kappa shape index (κ1) is 14.0. The van der Waals surface area contributed by atoms with Gasteiger partial charge in [0.05, 0.1) is 12.1 Å². The average molecular weight is 305 g/mol. The summed E-state index contributed by atoms with van der Waals surface area (Å²) in [7, 11) is -3.76. The summed E-state index contributed by atoms with van der Waals surface area (Å²) < 4.78 is 27.2. The van der Waals surface area contributed by atoms with Crippen LogP contribution in [0, 0.1) is 0 Å². The summed E-state index contributed by atoms with van der Waals surface area (Å²) in [4.78, 5) is 3.80. The van der Waals surface area contributed by atoms with Crippen LogP contribution in [0.5, 0.6) is 0 Å². The summed E-state index contributed by atoms with van der Waals surface area (Å²) >= 11 is 0. The number of benzene rings is 1. The Morgan fingerprint density at radius 1 is 1.24 bits per heavy atom. The van der Waals surface area contributed by atoms with Crippen LogP contribution in [0.25, 0.3) is 0 Å². The lowest BCUT2D eigenvalue weighted by Gasteiger charge is -2.18. The smallest absolute Gasteiger partial charge is 0.242 e. The first-order valence-corrected chi connectivity index (χ1v) is 7.95. The van der Waals surface area contributed by atoms with Crippen molar-refractivity contribution in [1.29, 1.82) is 0 Å². The van der Waals surface area contributed by atoms with Crippen molar-refractivity contribution in [3.8, 4) is 0 Å². The van der Waals surface area contributed by atoms with E-state index in [-0.39, 0.29) is 10.7 Å². The minimum absolute atomic E-state index is 0.0216. The molecule has 0 aliphatic heterocycles. The maximum absolute atomic E-state index is 12.4. The molecule has 1 aromatic heterocycles. The molecule has 1 aliphatic carbocycles. The highest BCUT2D eigenvalue weighted by molar-refractivity contribution is 7.89.